The molecule has 1 N–H and O–H groups in total. The van der Waals surface area contributed by atoms with Gasteiger partial charge in [-0.05, 0) is 62.2 Å². The van der Waals surface area contributed by atoms with Gasteiger partial charge in [-0.1, -0.05) is 34.5 Å². The summed E-state index contributed by atoms with van der Waals surface area (Å²) in [6, 6.07) is 11.6. The maximum absolute atomic E-state index is 12.7. The Morgan fingerprint density at radius 3 is 2.66 bits per heavy atom. The molecule has 0 bridgehead atoms. The van der Waals surface area contributed by atoms with E-state index in [0.717, 1.165) is 67.8 Å². The van der Waals surface area contributed by atoms with Crippen molar-refractivity contribution < 1.29 is 4.79 Å². The Morgan fingerprint density at radius 2 is 1.94 bits per heavy atom. The first-order chi connectivity index (χ1) is 15.5. The van der Waals surface area contributed by atoms with Crippen LogP contribution < -0.4 is 10.2 Å². The molecule has 7 nitrogen and oxygen atoms in total. The van der Waals surface area contributed by atoms with E-state index < -0.39 is 0 Å². The molecule has 0 aliphatic carbocycles. The van der Waals surface area contributed by atoms with E-state index in [9.17, 15) is 4.79 Å². The number of anilines is 1. The van der Waals surface area contributed by atoms with Gasteiger partial charge in [0.1, 0.15) is 5.52 Å². The molecule has 168 valence electrons. The Kier molecular flexibility index (Phi) is 5.97. The largest absolute Gasteiger partial charge is 0.368 e. The second-order valence-electron chi connectivity index (χ2n) is 8.51. The molecule has 0 saturated carbocycles. The summed E-state index contributed by atoms with van der Waals surface area (Å²) in [4.78, 5) is 17.0. The number of nitrogens with one attached hydrogen (secondary N) is 1. The van der Waals surface area contributed by atoms with Gasteiger partial charge in [-0.3, -0.25) is 4.79 Å². The fourth-order valence-electron chi connectivity index (χ4n) is 4.68. The van der Waals surface area contributed by atoms with Crippen molar-refractivity contribution in [1.82, 2.24) is 25.2 Å². The first-order valence-electron chi connectivity index (χ1n) is 11.1. The van der Waals surface area contributed by atoms with Gasteiger partial charge in [0, 0.05) is 41.9 Å². The molecular formula is C23H26Cl2N6O. The predicted octanol–water partition coefficient (Wildman–Crippen LogP) is 3.75. The van der Waals surface area contributed by atoms with Gasteiger partial charge in [0.2, 0.25) is 5.91 Å². The second-order valence-corrected chi connectivity index (χ2v) is 9.35. The maximum Gasteiger partial charge on any atom is 0.239 e. The van der Waals surface area contributed by atoms with E-state index in [1.54, 1.807) is 6.07 Å². The number of hydrogen-bond acceptors (Lipinski definition) is 5. The summed E-state index contributed by atoms with van der Waals surface area (Å²) in [6.07, 6.45) is 2.03. The molecule has 2 aromatic carbocycles. The zero-order chi connectivity index (χ0) is 22.2. The number of aromatic nitrogens is 3. The normalized spacial score (nSPS) is 20.2. The predicted molar refractivity (Wildman–Crippen MR) is 128 cm³/mol. The number of fused-ring (bicyclic) bond motifs is 1. The van der Waals surface area contributed by atoms with Crippen molar-refractivity contribution in [3.63, 3.8) is 0 Å². The molecular weight excluding hydrogens is 447 g/mol. The number of rotatable bonds is 4. The molecule has 2 aliphatic heterocycles. The monoisotopic (exact) mass is 472 g/mol. The van der Waals surface area contributed by atoms with E-state index >= 15 is 0 Å². The van der Waals surface area contributed by atoms with Crippen molar-refractivity contribution in [2.24, 2.45) is 0 Å². The van der Waals surface area contributed by atoms with E-state index in [-0.39, 0.29) is 18.0 Å². The summed E-state index contributed by atoms with van der Waals surface area (Å²) in [5.41, 5.74) is 3.85. The second kappa shape index (κ2) is 8.89. The number of carbonyl (C=O) groups excluding carboxylic acids is 1. The van der Waals surface area contributed by atoms with Crippen LogP contribution in [-0.4, -0.2) is 64.6 Å². The van der Waals surface area contributed by atoms with Crippen molar-refractivity contribution >= 4 is 45.8 Å². The summed E-state index contributed by atoms with van der Waals surface area (Å²) < 4.78 is 1.90. The Balaban J connectivity index is 1.34. The third-order valence-corrected chi connectivity index (χ3v) is 7.11. The summed E-state index contributed by atoms with van der Waals surface area (Å²) in [5.74, 6) is 0.244. The fraction of sp³-hybridized carbons (Fsp3) is 0.435. The molecule has 1 aromatic heterocycles. The number of amides is 1. The van der Waals surface area contributed by atoms with Crippen LogP contribution in [0.5, 0.6) is 0 Å². The number of nitrogens with zero attached hydrogens (tertiary/aromatic N) is 5. The van der Waals surface area contributed by atoms with Gasteiger partial charge in [-0.2, -0.15) is 0 Å². The molecule has 2 atom stereocenters. The van der Waals surface area contributed by atoms with Gasteiger partial charge in [-0.15, -0.1) is 5.10 Å². The van der Waals surface area contributed by atoms with Gasteiger partial charge in [0.15, 0.2) is 0 Å². The van der Waals surface area contributed by atoms with Crippen LogP contribution in [0.25, 0.3) is 11.0 Å². The molecule has 3 heterocycles. The van der Waals surface area contributed by atoms with Gasteiger partial charge in [-0.25, -0.2) is 4.68 Å². The van der Waals surface area contributed by atoms with Gasteiger partial charge >= 0.3 is 0 Å². The maximum atomic E-state index is 12.7. The van der Waals surface area contributed by atoms with Crippen molar-refractivity contribution in [2.45, 2.75) is 31.8 Å². The van der Waals surface area contributed by atoms with Crippen molar-refractivity contribution in [3.05, 3.63) is 52.0 Å². The number of halogens is 2. The fourth-order valence-corrected chi connectivity index (χ4v) is 5.25. The molecule has 0 spiro atoms. The number of carbonyl (C=O) groups is 1. The van der Waals surface area contributed by atoms with Crippen LogP contribution in [0.15, 0.2) is 36.4 Å². The highest BCUT2D eigenvalue weighted by molar-refractivity contribution is 6.35. The number of hydrogen-bond donors (Lipinski definition) is 1. The van der Waals surface area contributed by atoms with Crippen LogP contribution in [-0.2, 0) is 4.79 Å². The molecule has 0 radical (unpaired) electrons. The third-order valence-electron chi connectivity index (χ3n) is 6.55. The zero-order valence-corrected chi connectivity index (χ0v) is 19.5. The SMILES string of the molecule is CC(c1ccc(Cl)cc1Cl)n1nnc2ccc(N3CCN(C(=O)[C@H]4CCCN4)CC3)cc21. The molecule has 2 saturated heterocycles. The minimum atomic E-state index is -0.0894. The first-order valence-corrected chi connectivity index (χ1v) is 11.8. The van der Waals surface area contributed by atoms with E-state index in [1.807, 2.05) is 27.8 Å². The molecule has 3 aromatic rings. The number of piperazine rings is 1. The van der Waals surface area contributed by atoms with Crippen molar-refractivity contribution in [2.75, 3.05) is 37.6 Å². The van der Waals surface area contributed by atoms with E-state index in [1.165, 1.54) is 0 Å². The topological polar surface area (TPSA) is 66.3 Å². The summed E-state index contributed by atoms with van der Waals surface area (Å²) in [5, 5.41) is 13.3. The Labute approximate surface area is 197 Å². The van der Waals surface area contributed by atoms with E-state index in [4.69, 9.17) is 23.2 Å². The lowest BCUT2D eigenvalue weighted by Gasteiger charge is -2.37. The van der Waals surface area contributed by atoms with Gasteiger partial charge < -0.3 is 15.1 Å². The summed E-state index contributed by atoms with van der Waals surface area (Å²) in [7, 11) is 0. The van der Waals surface area contributed by atoms with Gasteiger partial charge in [0.25, 0.3) is 0 Å². The molecule has 32 heavy (non-hydrogen) atoms. The quantitative estimate of drug-likeness (QED) is 0.626. The molecule has 1 unspecified atom stereocenters. The lowest BCUT2D eigenvalue weighted by Crippen LogP contribution is -2.53. The zero-order valence-electron chi connectivity index (χ0n) is 18.0. The first kappa shape index (κ1) is 21.5. The van der Waals surface area contributed by atoms with Crippen LogP contribution in [0.4, 0.5) is 5.69 Å². The average molecular weight is 473 g/mol. The Morgan fingerprint density at radius 1 is 1.12 bits per heavy atom. The molecule has 5 rings (SSSR count). The standard InChI is InChI=1S/C23H26Cl2N6O/c1-15(18-6-4-16(24)13-19(18)25)31-22-14-17(5-7-20(22)27-28-31)29-9-11-30(12-10-29)23(32)21-3-2-8-26-21/h4-7,13-15,21,26H,2-3,8-12H2,1H3/t15?,21-/m1/s1. The van der Waals surface area contributed by atoms with Crippen LogP contribution in [0, 0.1) is 0 Å². The van der Waals surface area contributed by atoms with Gasteiger partial charge in [0.05, 0.1) is 17.6 Å². The van der Waals surface area contributed by atoms with Crippen molar-refractivity contribution in [1.29, 1.82) is 0 Å². The van der Waals surface area contributed by atoms with Crippen LogP contribution >= 0.6 is 23.2 Å². The van der Waals surface area contributed by atoms with E-state index in [0.29, 0.717) is 10.0 Å². The molecule has 2 aliphatic rings. The number of benzene rings is 2. The Hall–Kier alpha value is -2.35. The third kappa shape index (κ3) is 4.05. The molecule has 9 heteroatoms. The smallest absolute Gasteiger partial charge is 0.239 e. The lowest BCUT2D eigenvalue weighted by molar-refractivity contribution is -0.133. The molecule has 2 fully saturated rings. The highest BCUT2D eigenvalue weighted by Crippen LogP contribution is 2.31. The average Bonchev–Trinajstić information content (AvgIpc) is 3.48. The van der Waals surface area contributed by atoms with Crippen LogP contribution in [0.3, 0.4) is 0 Å². The summed E-state index contributed by atoms with van der Waals surface area (Å²) >= 11 is 12.5. The highest BCUT2D eigenvalue weighted by atomic mass is 35.5. The van der Waals surface area contributed by atoms with Crippen LogP contribution in [0.1, 0.15) is 31.4 Å². The Bertz CT molecular complexity index is 1130. The minimum absolute atomic E-state index is 0.000458. The van der Waals surface area contributed by atoms with E-state index in [2.05, 4.69) is 39.6 Å². The highest BCUT2D eigenvalue weighted by Gasteiger charge is 2.29. The minimum Gasteiger partial charge on any atom is -0.368 e. The lowest BCUT2D eigenvalue weighted by atomic mass is 10.1. The van der Waals surface area contributed by atoms with Crippen molar-refractivity contribution in [3.8, 4) is 0 Å². The summed E-state index contributed by atoms with van der Waals surface area (Å²) in [6.45, 7) is 6.09. The molecule has 1 amide bonds. The van der Waals surface area contributed by atoms with Crippen LogP contribution in [0.2, 0.25) is 10.0 Å².